The average Bonchev–Trinajstić information content (AvgIpc) is 3.34. The Kier molecular flexibility index (Phi) is 5.28. The molecule has 204 valence electrons. The molecule has 2 saturated carbocycles. The molecule has 3 atom stereocenters. The van der Waals surface area contributed by atoms with Crippen LogP contribution in [0.4, 0.5) is 0 Å². The van der Waals surface area contributed by atoms with E-state index in [-0.39, 0.29) is 18.0 Å². The summed E-state index contributed by atoms with van der Waals surface area (Å²) >= 11 is 0. The van der Waals surface area contributed by atoms with Crippen molar-refractivity contribution in [3.63, 3.8) is 0 Å². The van der Waals surface area contributed by atoms with Crippen LogP contribution < -0.4 is 10.5 Å². The van der Waals surface area contributed by atoms with Gasteiger partial charge in [0, 0.05) is 41.6 Å². The van der Waals surface area contributed by atoms with Gasteiger partial charge in [-0.3, -0.25) is 4.79 Å². The number of hydrogen-bond donors (Lipinski definition) is 2. The molecule has 10 nitrogen and oxygen atoms in total. The summed E-state index contributed by atoms with van der Waals surface area (Å²) in [6.45, 7) is 2.13. The molecule has 1 amide bonds. The number of aromatic amines is 1. The second kappa shape index (κ2) is 8.92. The van der Waals surface area contributed by atoms with Crippen molar-refractivity contribution in [2.75, 3.05) is 13.7 Å². The van der Waals surface area contributed by atoms with Crippen LogP contribution in [0.25, 0.3) is 33.5 Å². The predicted molar refractivity (Wildman–Crippen MR) is 151 cm³/mol. The second-order valence-corrected chi connectivity index (χ2v) is 11.6. The molecule has 3 fully saturated rings. The Morgan fingerprint density at radius 1 is 1.12 bits per heavy atom. The van der Waals surface area contributed by atoms with Crippen LogP contribution in [0, 0.1) is 11.8 Å². The van der Waals surface area contributed by atoms with Crippen LogP contribution >= 0.6 is 0 Å². The van der Waals surface area contributed by atoms with Crippen LogP contribution in [0.3, 0.4) is 0 Å². The van der Waals surface area contributed by atoms with E-state index in [1.165, 1.54) is 23.7 Å². The van der Waals surface area contributed by atoms with Crippen molar-refractivity contribution in [3.8, 4) is 17.3 Å². The third kappa shape index (κ3) is 3.66. The standard InChI is InChI=1S/C30H32N8O2/c1-40-26-12-20(30(39)37-15-19-8-9-24(37)27(19)31)10-22-28(26)38(16-21-13-32-35-34-21)29(33-22)25-11-18-4-2-3-5-23(18)36(25)14-17-6-7-17/h2-5,10-13,17,19,24,27H,6-9,14-16,31H2,1H3,(H,32,34,35)/t19?,24?,27-/m1/s1. The second-order valence-electron chi connectivity index (χ2n) is 11.6. The Morgan fingerprint density at radius 3 is 2.73 bits per heavy atom. The Balaban J connectivity index is 1.31. The largest absolute Gasteiger partial charge is 0.494 e. The molecule has 5 aromatic rings. The molecular weight excluding hydrogens is 504 g/mol. The van der Waals surface area contributed by atoms with Crippen molar-refractivity contribution in [1.82, 2.24) is 34.4 Å². The van der Waals surface area contributed by atoms with Gasteiger partial charge in [0.15, 0.2) is 5.82 Å². The van der Waals surface area contributed by atoms with Crippen LogP contribution in [-0.2, 0) is 13.1 Å². The number of para-hydroxylation sites is 1. The fourth-order valence-electron chi connectivity index (χ4n) is 6.92. The van der Waals surface area contributed by atoms with Gasteiger partial charge in [0.2, 0.25) is 0 Å². The van der Waals surface area contributed by atoms with E-state index in [1.54, 1.807) is 13.3 Å². The SMILES string of the molecule is COc1cc(C(=O)N2CC3CCC2[C@@H]3N)cc2nc(-c3cc4ccccc4n3CC3CC3)n(Cc3cn[nH]n3)c12. The molecule has 3 aliphatic rings. The van der Waals surface area contributed by atoms with Crippen molar-refractivity contribution in [2.24, 2.45) is 17.6 Å². The summed E-state index contributed by atoms with van der Waals surface area (Å²) in [6.07, 6.45) is 6.30. The number of likely N-dealkylation sites (tertiary alicyclic amines) is 1. The molecule has 1 saturated heterocycles. The molecule has 3 N–H and O–H groups in total. The normalized spacial score (nSPS) is 22.1. The molecule has 8 rings (SSSR count). The summed E-state index contributed by atoms with van der Waals surface area (Å²) in [4.78, 5) is 20.9. The van der Waals surface area contributed by atoms with Gasteiger partial charge in [0.05, 0.1) is 31.1 Å². The van der Waals surface area contributed by atoms with Crippen LogP contribution in [-0.4, -0.2) is 66.1 Å². The van der Waals surface area contributed by atoms with Gasteiger partial charge in [0.1, 0.15) is 17.0 Å². The topological polar surface area (TPSA) is 120 Å². The average molecular weight is 537 g/mol. The Morgan fingerprint density at radius 2 is 2.00 bits per heavy atom. The summed E-state index contributed by atoms with van der Waals surface area (Å²) in [6, 6.07) is 14.7. The maximum absolute atomic E-state index is 13.8. The van der Waals surface area contributed by atoms with E-state index in [0.717, 1.165) is 54.2 Å². The lowest BCUT2D eigenvalue weighted by Gasteiger charge is -2.27. The zero-order valence-electron chi connectivity index (χ0n) is 22.5. The number of ether oxygens (including phenoxy) is 1. The van der Waals surface area contributed by atoms with Crippen LogP contribution in [0.15, 0.2) is 48.7 Å². The minimum Gasteiger partial charge on any atom is -0.494 e. The molecule has 2 unspecified atom stereocenters. The number of carbonyl (C=O) groups is 1. The number of rotatable bonds is 7. The summed E-state index contributed by atoms with van der Waals surface area (Å²) in [5.74, 6) is 2.50. The van der Waals surface area contributed by atoms with E-state index in [1.807, 2.05) is 17.0 Å². The van der Waals surface area contributed by atoms with Crippen molar-refractivity contribution < 1.29 is 9.53 Å². The minimum atomic E-state index is -0.00158. The quantitative estimate of drug-likeness (QED) is 0.327. The summed E-state index contributed by atoms with van der Waals surface area (Å²) in [7, 11) is 1.65. The third-order valence-electron chi connectivity index (χ3n) is 9.15. The fraction of sp³-hybridized carbons (Fsp3) is 0.400. The maximum Gasteiger partial charge on any atom is 0.254 e. The molecule has 40 heavy (non-hydrogen) atoms. The van der Waals surface area contributed by atoms with Crippen LogP contribution in [0.5, 0.6) is 5.75 Å². The number of benzene rings is 2. The van der Waals surface area contributed by atoms with Gasteiger partial charge in [-0.1, -0.05) is 18.2 Å². The Hall–Kier alpha value is -4.18. The summed E-state index contributed by atoms with van der Waals surface area (Å²) < 4.78 is 10.5. The van der Waals surface area contributed by atoms with Crippen molar-refractivity contribution in [3.05, 3.63) is 59.9 Å². The number of nitrogens with one attached hydrogen (secondary N) is 1. The van der Waals surface area contributed by atoms with Gasteiger partial charge in [-0.15, -0.1) is 0 Å². The molecule has 1 aliphatic heterocycles. The van der Waals surface area contributed by atoms with Crippen molar-refractivity contribution in [1.29, 1.82) is 0 Å². The number of carbonyl (C=O) groups excluding carboxylic acids is 1. The zero-order valence-corrected chi connectivity index (χ0v) is 22.5. The highest BCUT2D eigenvalue weighted by Crippen LogP contribution is 2.40. The number of fused-ring (bicyclic) bond motifs is 4. The number of imidazole rings is 1. The van der Waals surface area contributed by atoms with Gasteiger partial charge < -0.3 is 24.5 Å². The number of amides is 1. The van der Waals surface area contributed by atoms with Gasteiger partial charge in [0.25, 0.3) is 5.91 Å². The Bertz CT molecular complexity index is 1750. The zero-order chi connectivity index (χ0) is 27.0. The van der Waals surface area contributed by atoms with E-state index in [2.05, 4.69) is 54.9 Å². The lowest BCUT2D eigenvalue weighted by Crippen LogP contribution is -2.41. The monoisotopic (exact) mass is 536 g/mol. The third-order valence-corrected chi connectivity index (χ3v) is 9.15. The van der Waals surface area contributed by atoms with Gasteiger partial charge in [-0.2, -0.15) is 15.4 Å². The number of nitrogens with two attached hydrogens (primary N) is 1. The first-order valence-electron chi connectivity index (χ1n) is 14.2. The number of methoxy groups -OCH3 is 1. The van der Waals surface area contributed by atoms with E-state index in [9.17, 15) is 4.79 Å². The number of aromatic nitrogens is 6. The summed E-state index contributed by atoms with van der Waals surface area (Å²) in [5.41, 5.74) is 11.6. The molecule has 10 heteroatoms. The molecule has 2 aromatic carbocycles. The van der Waals surface area contributed by atoms with E-state index < -0.39 is 0 Å². The number of H-pyrrole nitrogens is 1. The van der Waals surface area contributed by atoms with Gasteiger partial charge in [-0.25, -0.2) is 4.98 Å². The first-order chi connectivity index (χ1) is 19.6. The number of hydrogen-bond acceptors (Lipinski definition) is 6. The highest BCUT2D eigenvalue weighted by molar-refractivity contribution is 6.00. The maximum atomic E-state index is 13.8. The van der Waals surface area contributed by atoms with E-state index in [0.29, 0.717) is 29.7 Å². The highest BCUT2D eigenvalue weighted by Gasteiger charge is 2.47. The number of piperidine rings is 1. The van der Waals surface area contributed by atoms with E-state index >= 15 is 0 Å². The smallest absolute Gasteiger partial charge is 0.254 e. The van der Waals surface area contributed by atoms with Crippen molar-refractivity contribution >= 4 is 27.8 Å². The first-order valence-corrected chi connectivity index (χ1v) is 14.2. The fourth-order valence-corrected chi connectivity index (χ4v) is 6.92. The van der Waals surface area contributed by atoms with Gasteiger partial charge in [-0.05, 0) is 61.8 Å². The molecule has 2 aliphatic carbocycles. The molecule has 0 radical (unpaired) electrons. The van der Waals surface area contributed by atoms with Crippen molar-refractivity contribution in [2.45, 2.75) is 50.9 Å². The van der Waals surface area contributed by atoms with E-state index in [4.69, 9.17) is 15.5 Å². The van der Waals surface area contributed by atoms with Crippen LogP contribution in [0.2, 0.25) is 0 Å². The van der Waals surface area contributed by atoms with Gasteiger partial charge >= 0.3 is 0 Å². The van der Waals surface area contributed by atoms with Crippen LogP contribution in [0.1, 0.15) is 41.7 Å². The molecular formula is C30H32N8O2. The Labute approximate surface area is 231 Å². The molecule has 2 bridgehead atoms. The number of nitrogens with zero attached hydrogens (tertiary/aromatic N) is 6. The summed E-state index contributed by atoms with van der Waals surface area (Å²) in [5, 5.41) is 12.3. The molecule has 4 heterocycles. The molecule has 0 spiro atoms. The lowest BCUT2D eigenvalue weighted by atomic mass is 10.1. The molecule has 3 aromatic heterocycles. The lowest BCUT2D eigenvalue weighted by molar-refractivity contribution is 0.0700. The first kappa shape index (κ1) is 23.7. The predicted octanol–water partition coefficient (Wildman–Crippen LogP) is 3.80. The minimum absolute atomic E-state index is 0.00158. The highest BCUT2D eigenvalue weighted by atomic mass is 16.5.